The van der Waals surface area contributed by atoms with Crippen molar-refractivity contribution >= 4 is 11.9 Å². The third kappa shape index (κ3) is 5.10. The highest BCUT2D eigenvalue weighted by Crippen LogP contribution is 2.46. The van der Waals surface area contributed by atoms with Gasteiger partial charge in [-0.3, -0.25) is 0 Å². The topological polar surface area (TPSA) is 87.9 Å². The van der Waals surface area contributed by atoms with Crippen LogP contribution in [-0.4, -0.2) is 54.4 Å². The number of rotatable bonds is 5. The average molecular weight is 505 g/mol. The van der Waals surface area contributed by atoms with Gasteiger partial charge in [0.25, 0.3) is 0 Å². The van der Waals surface area contributed by atoms with E-state index in [2.05, 4.69) is 38.7 Å². The van der Waals surface area contributed by atoms with E-state index in [1.807, 2.05) is 4.90 Å². The zero-order valence-corrected chi connectivity index (χ0v) is 22.4. The number of anilines is 1. The number of methoxy groups -OCH3 is 1. The van der Waals surface area contributed by atoms with Crippen molar-refractivity contribution < 1.29 is 19.0 Å². The number of hydrogen-bond donors (Lipinski definition) is 0. The third-order valence-electron chi connectivity index (χ3n) is 7.70. The maximum atomic E-state index is 13.2. The number of amides is 1. The second-order valence-electron chi connectivity index (χ2n) is 11.3. The number of nitrogens with zero attached hydrogens (tertiary/aromatic N) is 4. The summed E-state index contributed by atoms with van der Waals surface area (Å²) in [7, 11) is 1.60. The van der Waals surface area contributed by atoms with E-state index >= 15 is 0 Å². The lowest BCUT2D eigenvalue weighted by molar-refractivity contribution is -0.0407. The first-order valence-electron chi connectivity index (χ1n) is 13.2. The van der Waals surface area contributed by atoms with E-state index in [1.165, 1.54) is 0 Å². The summed E-state index contributed by atoms with van der Waals surface area (Å²) < 4.78 is 17.0. The molecular weight excluding hydrogens is 468 g/mol. The molecule has 0 unspecified atom stereocenters. The summed E-state index contributed by atoms with van der Waals surface area (Å²) in [5, 5.41) is 10.3. The number of pyridine rings is 1. The quantitative estimate of drug-likeness (QED) is 0.564. The van der Waals surface area contributed by atoms with Crippen LogP contribution in [0.25, 0.3) is 0 Å². The van der Waals surface area contributed by atoms with Crippen LogP contribution in [0.2, 0.25) is 0 Å². The number of nitriles is 1. The Kier molecular flexibility index (Phi) is 6.76. The molecule has 1 saturated carbocycles. The minimum absolute atomic E-state index is 0.0759. The van der Waals surface area contributed by atoms with Gasteiger partial charge >= 0.3 is 6.09 Å². The van der Waals surface area contributed by atoms with E-state index < -0.39 is 0 Å². The number of carbonyl (C=O) groups is 1. The van der Waals surface area contributed by atoms with Gasteiger partial charge in [-0.15, -0.1) is 0 Å². The number of fused-ring (bicyclic) bond motifs is 1. The van der Waals surface area contributed by atoms with Crippen molar-refractivity contribution in [3.05, 3.63) is 46.6 Å². The Balaban J connectivity index is 1.42. The molecule has 196 valence electrons. The molecule has 2 aliphatic heterocycles. The van der Waals surface area contributed by atoms with Gasteiger partial charge in [-0.05, 0) is 62.4 Å². The van der Waals surface area contributed by atoms with Gasteiger partial charge in [-0.1, -0.05) is 13.8 Å². The van der Waals surface area contributed by atoms with Crippen LogP contribution in [0.1, 0.15) is 68.8 Å². The van der Waals surface area contributed by atoms with Gasteiger partial charge in [0.15, 0.2) is 0 Å². The highest BCUT2D eigenvalue weighted by molar-refractivity contribution is 5.72. The molecule has 1 amide bonds. The molecular formula is C29H36N4O4. The molecule has 0 bridgehead atoms. The molecule has 8 heteroatoms. The fourth-order valence-corrected chi connectivity index (χ4v) is 5.42. The second kappa shape index (κ2) is 9.86. The summed E-state index contributed by atoms with van der Waals surface area (Å²) in [4.78, 5) is 22.3. The average Bonchev–Trinajstić information content (AvgIpc) is 3.72. The van der Waals surface area contributed by atoms with Crippen molar-refractivity contribution in [2.75, 3.05) is 31.6 Å². The Morgan fingerprint density at radius 3 is 2.49 bits per heavy atom. The molecule has 1 saturated heterocycles. The van der Waals surface area contributed by atoms with E-state index in [9.17, 15) is 10.1 Å². The molecule has 1 aliphatic carbocycles. The van der Waals surface area contributed by atoms with E-state index in [0.29, 0.717) is 55.6 Å². The fourth-order valence-electron chi connectivity index (χ4n) is 5.42. The lowest BCUT2D eigenvalue weighted by atomic mass is 9.87. The molecule has 2 aromatic rings. The number of piperazine rings is 1. The third-order valence-corrected chi connectivity index (χ3v) is 7.70. The Bertz CT molecular complexity index is 1210. The van der Waals surface area contributed by atoms with Gasteiger partial charge in [-0.25, -0.2) is 9.78 Å². The van der Waals surface area contributed by atoms with Gasteiger partial charge < -0.3 is 24.0 Å². The Hall–Kier alpha value is -3.31. The summed E-state index contributed by atoms with van der Waals surface area (Å²) in [6.07, 6.45) is 2.60. The molecule has 1 aromatic heterocycles. The predicted octanol–water partition coefficient (Wildman–Crippen LogP) is 5.04. The van der Waals surface area contributed by atoms with Gasteiger partial charge in [0.1, 0.15) is 23.4 Å². The molecule has 3 aliphatic rings. The highest BCUT2D eigenvalue weighted by Gasteiger charge is 2.39. The Labute approximate surface area is 219 Å². The standard InChI is InChI=1S/C29H36N4O4/c1-18(2)25-16-32(12-13-33(25)28(34)37-21-10-8-20(35-5)9-11-21)27-23(15-30)22-14-29(3,4)36-17-24(22)26(31-27)19-6-7-19/h8-11,18-19,25H,6-7,12-14,16-17H2,1-5H3/t25-/m0/s1. The van der Waals surface area contributed by atoms with Crippen LogP contribution in [0.3, 0.4) is 0 Å². The number of benzene rings is 1. The SMILES string of the molecule is COc1ccc(OC(=O)N2CCN(c3nc(C4CC4)c4c(c3C#N)CC(C)(C)OC4)C[C@H]2C(C)C)cc1. The zero-order chi connectivity index (χ0) is 26.3. The van der Waals surface area contributed by atoms with E-state index in [0.717, 1.165) is 35.5 Å². The van der Waals surface area contributed by atoms with Gasteiger partial charge in [0.2, 0.25) is 0 Å². The van der Waals surface area contributed by atoms with Crippen LogP contribution >= 0.6 is 0 Å². The minimum atomic E-state index is -0.361. The van der Waals surface area contributed by atoms with Crippen LogP contribution in [0, 0.1) is 17.2 Å². The lowest BCUT2D eigenvalue weighted by Gasteiger charge is -2.44. The number of hydrogen-bond acceptors (Lipinski definition) is 7. The molecule has 0 N–H and O–H groups in total. The molecule has 8 nitrogen and oxygen atoms in total. The molecule has 1 atom stereocenters. The molecule has 5 rings (SSSR count). The maximum absolute atomic E-state index is 13.2. The van der Waals surface area contributed by atoms with Crippen LogP contribution < -0.4 is 14.4 Å². The second-order valence-corrected chi connectivity index (χ2v) is 11.3. The number of ether oxygens (including phenoxy) is 3. The summed E-state index contributed by atoms with van der Waals surface area (Å²) in [5.41, 5.74) is 3.65. The van der Waals surface area contributed by atoms with E-state index in [-0.39, 0.29) is 23.7 Å². The number of aromatic nitrogens is 1. The van der Waals surface area contributed by atoms with Crippen molar-refractivity contribution in [3.63, 3.8) is 0 Å². The summed E-state index contributed by atoms with van der Waals surface area (Å²) in [6.45, 7) is 10.6. The largest absolute Gasteiger partial charge is 0.497 e. The molecule has 3 heterocycles. The van der Waals surface area contributed by atoms with Crippen LogP contribution in [0.5, 0.6) is 11.5 Å². The molecule has 2 fully saturated rings. The monoisotopic (exact) mass is 504 g/mol. The number of carbonyl (C=O) groups excluding carboxylic acids is 1. The fraction of sp³-hybridized carbons (Fsp3) is 0.552. The van der Waals surface area contributed by atoms with Crippen molar-refractivity contribution in [2.45, 2.75) is 71.1 Å². The van der Waals surface area contributed by atoms with Gasteiger partial charge in [-0.2, -0.15) is 5.26 Å². The van der Waals surface area contributed by atoms with E-state index in [1.54, 1.807) is 31.4 Å². The smallest absolute Gasteiger partial charge is 0.415 e. The Morgan fingerprint density at radius 2 is 1.86 bits per heavy atom. The lowest BCUT2D eigenvalue weighted by Crippen LogP contribution is -2.58. The maximum Gasteiger partial charge on any atom is 0.415 e. The molecule has 0 spiro atoms. The van der Waals surface area contributed by atoms with Crippen molar-refractivity contribution in [2.24, 2.45) is 5.92 Å². The summed E-state index contributed by atoms with van der Waals surface area (Å²) in [6, 6.07) is 9.43. The predicted molar refractivity (Wildman–Crippen MR) is 140 cm³/mol. The van der Waals surface area contributed by atoms with Crippen molar-refractivity contribution in [1.82, 2.24) is 9.88 Å². The molecule has 0 radical (unpaired) electrons. The van der Waals surface area contributed by atoms with Crippen LogP contribution in [-0.2, 0) is 17.8 Å². The van der Waals surface area contributed by atoms with Crippen LogP contribution in [0.4, 0.5) is 10.6 Å². The molecule has 37 heavy (non-hydrogen) atoms. The summed E-state index contributed by atoms with van der Waals surface area (Å²) >= 11 is 0. The van der Waals surface area contributed by atoms with Gasteiger partial charge in [0.05, 0.1) is 36.6 Å². The summed E-state index contributed by atoms with van der Waals surface area (Å²) in [5.74, 6) is 2.60. The first kappa shape index (κ1) is 25.3. The molecule has 1 aromatic carbocycles. The van der Waals surface area contributed by atoms with Crippen LogP contribution in [0.15, 0.2) is 24.3 Å². The first-order valence-corrected chi connectivity index (χ1v) is 13.2. The van der Waals surface area contributed by atoms with Crippen molar-refractivity contribution in [3.8, 4) is 17.6 Å². The minimum Gasteiger partial charge on any atom is -0.497 e. The van der Waals surface area contributed by atoms with Crippen molar-refractivity contribution in [1.29, 1.82) is 5.26 Å². The normalized spacial score (nSPS) is 20.8. The highest BCUT2D eigenvalue weighted by atomic mass is 16.6. The Morgan fingerprint density at radius 1 is 1.16 bits per heavy atom. The van der Waals surface area contributed by atoms with E-state index in [4.69, 9.17) is 19.2 Å². The zero-order valence-electron chi connectivity index (χ0n) is 22.4. The van der Waals surface area contributed by atoms with Gasteiger partial charge in [0, 0.05) is 37.5 Å². The first-order chi connectivity index (χ1) is 17.7.